The normalized spacial score (nSPS) is 31.6. The minimum Gasteiger partial charge on any atom is -0.341 e. The van der Waals surface area contributed by atoms with Crippen molar-refractivity contribution in [1.29, 1.82) is 0 Å². The molecule has 2 aliphatic heterocycles. The van der Waals surface area contributed by atoms with E-state index < -0.39 is 0 Å². The maximum absolute atomic E-state index is 11.6. The molecule has 0 radical (unpaired) electrons. The molecule has 0 spiro atoms. The Hall–Kier alpha value is -0.610. The summed E-state index contributed by atoms with van der Waals surface area (Å²) >= 11 is 0. The molecule has 0 aromatic heterocycles. The second-order valence-corrected chi connectivity index (χ2v) is 4.34. The zero-order valence-corrected chi connectivity index (χ0v) is 8.75. The van der Waals surface area contributed by atoms with Gasteiger partial charge in [0.2, 0.25) is 5.91 Å². The summed E-state index contributed by atoms with van der Waals surface area (Å²) < 4.78 is 0. The highest BCUT2D eigenvalue weighted by atomic mass is 16.2. The summed E-state index contributed by atoms with van der Waals surface area (Å²) in [7, 11) is 1.82. The summed E-state index contributed by atoms with van der Waals surface area (Å²) in [5.41, 5.74) is 0. The molecule has 0 aromatic rings. The van der Waals surface area contributed by atoms with Gasteiger partial charge < -0.3 is 15.5 Å². The monoisotopic (exact) mass is 197 g/mol. The molecular formula is C10H19N3O. The molecule has 2 heterocycles. The highest BCUT2D eigenvalue weighted by molar-refractivity contribution is 5.78. The van der Waals surface area contributed by atoms with E-state index in [2.05, 4.69) is 10.6 Å². The Morgan fingerprint density at radius 1 is 1.50 bits per heavy atom. The number of likely N-dealkylation sites (tertiary alicyclic amines) is 1. The minimum atomic E-state index is 0.248. The van der Waals surface area contributed by atoms with Crippen molar-refractivity contribution in [3.63, 3.8) is 0 Å². The second-order valence-electron chi connectivity index (χ2n) is 4.34. The summed E-state index contributed by atoms with van der Waals surface area (Å²) in [6.07, 6.45) is 1.17. The second kappa shape index (κ2) is 4.28. The van der Waals surface area contributed by atoms with Crippen LogP contribution in [0.3, 0.4) is 0 Å². The first kappa shape index (κ1) is 9.93. The number of amides is 1. The number of likely N-dealkylation sites (N-methyl/N-ethyl adjacent to an activating group) is 1. The lowest BCUT2D eigenvalue weighted by Crippen LogP contribution is -2.46. The summed E-state index contributed by atoms with van der Waals surface area (Å²) in [6, 6.07) is 0. The fraction of sp³-hybridized carbons (Fsp3) is 0.900. The lowest BCUT2D eigenvalue weighted by molar-refractivity contribution is -0.132. The van der Waals surface area contributed by atoms with Crippen molar-refractivity contribution in [2.45, 2.75) is 6.42 Å². The van der Waals surface area contributed by atoms with E-state index in [-0.39, 0.29) is 5.91 Å². The smallest absolute Gasteiger partial charge is 0.236 e. The molecule has 2 unspecified atom stereocenters. The van der Waals surface area contributed by atoms with Crippen LogP contribution in [-0.4, -0.2) is 50.6 Å². The molecule has 4 nitrogen and oxygen atoms in total. The standard InChI is InChI=1S/C10H19N3O/c1-11-6-10(14)13-3-2-8-4-12-5-9(8)7-13/h8-9,11-12H,2-7H2,1H3. The lowest BCUT2D eigenvalue weighted by atomic mass is 9.89. The van der Waals surface area contributed by atoms with Crippen molar-refractivity contribution in [3.05, 3.63) is 0 Å². The molecule has 2 atom stereocenters. The third kappa shape index (κ3) is 1.91. The van der Waals surface area contributed by atoms with Crippen LogP contribution in [0.2, 0.25) is 0 Å². The number of nitrogens with zero attached hydrogens (tertiary/aromatic N) is 1. The van der Waals surface area contributed by atoms with Crippen LogP contribution in [-0.2, 0) is 4.79 Å². The number of fused-ring (bicyclic) bond motifs is 1. The van der Waals surface area contributed by atoms with E-state index in [0.717, 1.165) is 32.1 Å². The van der Waals surface area contributed by atoms with Gasteiger partial charge in [-0.2, -0.15) is 0 Å². The van der Waals surface area contributed by atoms with Gasteiger partial charge in [0.25, 0.3) is 0 Å². The Kier molecular flexibility index (Phi) is 3.03. The molecule has 2 saturated heterocycles. The fourth-order valence-electron chi connectivity index (χ4n) is 2.52. The van der Waals surface area contributed by atoms with Crippen molar-refractivity contribution in [2.75, 3.05) is 39.8 Å². The summed E-state index contributed by atoms with van der Waals surface area (Å²) in [6.45, 7) is 4.62. The van der Waals surface area contributed by atoms with Crippen molar-refractivity contribution in [3.8, 4) is 0 Å². The van der Waals surface area contributed by atoms with Crippen LogP contribution in [0.1, 0.15) is 6.42 Å². The molecule has 2 N–H and O–H groups in total. The third-order valence-electron chi connectivity index (χ3n) is 3.39. The average molecular weight is 197 g/mol. The van der Waals surface area contributed by atoms with E-state index in [0.29, 0.717) is 12.5 Å². The van der Waals surface area contributed by atoms with Crippen LogP contribution in [0.25, 0.3) is 0 Å². The van der Waals surface area contributed by atoms with Gasteiger partial charge in [0.1, 0.15) is 0 Å². The van der Waals surface area contributed by atoms with Gasteiger partial charge >= 0.3 is 0 Å². The van der Waals surface area contributed by atoms with Gasteiger partial charge in [-0.1, -0.05) is 0 Å². The fourth-order valence-corrected chi connectivity index (χ4v) is 2.52. The summed E-state index contributed by atoms with van der Waals surface area (Å²) in [5, 5.41) is 6.32. The molecule has 1 amide bonds. The van der Waals surface area contributed by atoms with Crippen LogP contribution in [0.5, 0.6) is 0 Å². The molecule has 0 bridgehead atoms. The quantitative estimate of drug-likeness (QED) is 0.614. The summed E-state index contributed by atoms with van der Waals surface area (Å²) in [4.78, 5) is 13.6. The molecular weight excluding hydrogens is 178 g/mol. The molecule has 14 heavy (non-hydrogen) atoms. The van der Waals surface area contributed by atoms with Crippen LogP contribution < -0.4 is 10.6 Å². The van der Waals surface area contributed by atoms with E-state index in [1.54, 1.807) is 0 Å². The maximum Gasteiger partial charge on any atom is 0.236 e. The van der Waals surface area contributed by atoms with Gasteiger partial charge in [0.15, 0.2) is 0 Å². The van der Waals surface area contributed by atoms with Crippen LogP contribution >= 0.6 is 0 Å². The zero-order valence-electron chi connectivity index (χ0n) is 8.75. The van der Waals surface area contributed by atoms with Gasteiger partial charge in [-0.05, 0) is 38.4 Å². The Balaban J connectivity index is 1.87. The highest BCUT2D eigenvalue weighted by Gasteiger charge is 2.33. The predicted octanol–water partition coefficient (Wildman–Crippen LogP) is -0.726. The average Bonchev–Trinajstić information content (AvgIpc) is 2.64. The first-order valence-electron chi connectivity index (χ1n) is 5.44. The molecule has 0 aromatic carbocycles. The lowest BCUT2D eigenvalue weighted by Gasteiger charge is -2.34. The van der Waals surface area contributed by atoms with Crippen molar-refractivity contribution in [2.24, 2.45) is 11.8 Å². The predicted molar refractivity (Wildman–Crippen MR) is 55.0 cm³/mol. The van der Waals surface area contributed by atoms with Gasteiger partial charge in [-0.25, -0.2) is 0 Å². The van der Waals surface area contributed by atoms with Crippen LogP contribution in [0, 0.1) is 11.8 Å². The highest BCUT2D eigenvalue weighted by Crippen LogP contribution is 2.26. The number of hydrogen-bond acceptors (Lipinski definition) is 3. The van der Waals surface area contributed by atoms with Gasteiger partial charge in [-0.3, -0.25) is 4.79 Å². The first-order chi connectivity index (χ1) is 6.81. The zero-order chi connectivity index (χ0) is 9.97. The Morgan fingerprint density at radius 3 is 3.07 bits per heavy atom. The molecule has 2 rings (SSSR count). The summed E-state index contributed by atoms with van der Waals surface area (Å²) in [5.74, 6) is 1.76. The van der Waals surface area contributed by atoms with Gasteiger partial charge in [-0.15, -0.1) is 0 Å². The van der Waals surface area contributed by atoms with Gasteiger partial charge in [0, 0.05) is 13.1 Å². The van der Waals surface area contributed by atoms with E-state index in [9.17, 15) is 4.79 Å². The number of rotatable bonds is 2. The molecule has 4 heteroatoms. The third-order valence-corrected chi connectivity index (χ3v) is 3.39. The first-order valence-corrected chi connectivity index (χ1v) is 5.44. The largest absolute Gasteiger partial charge is 0.341 e. The van der Waals surface area contributed by atoms with Crippen molar-refractivity contribution in [1.82, 2.24) is 15.5 Å². The number of carbonyl (C=O) groups excluding carboxylic acids is 1. The van der Waals surface area contributed by atoms with Crippen LogP contribution in [0.4, 0.5) is 0 Å². The van der Waals surface area contributed by atoms with E-state index in [1.165, 1.54) is 6.42 Å². The number of piperidine rings is 1. The van der Waals surface area contributed by atoms with Crippen molar-refractivity contribution < 1.29 is 4.79 Å². The molecule has 2 aliphatic rings. The molecule has 80 valence electrons. The molecule has 2 fully saturated rings. The Bertz CT molecular complexity index is 219. The molecule has 0 aliphatic carbocycles. The van der Waals surface area contributed by atoms with Crippen LogP contribution in [0.15, 0.2) is 0 Å². The maximum atomic E-state index is 11.6. The Labute approximate surface area is 85.0 Å². The topological polar surface area (TPSA) is 44.4 Å². The number of hydrogen-bond donors (Lipinski definition) is 2. The minimum absolute atomic E-state index is 0.248. The van der Waals surface area contributed by atoms with E-state index in [4.69, 9.17) is 0 Å². The van der Waals surface area contributed by atoms with E-state index in [1.807, 2.05) is 11.9 Å². The number of carbonyl (C=O) groups is 1. The Morgan fingerprint density at radius 2 is 2.29 bits per heavy atom. The van der Waals surface area contributed by atoms with Crippen molar-refractivity contribution >= 4 is 5.91 Å². The van der Waals surface area contributed by atoms with Gasteiger partial charge in [0.05, 0.1) is 6.54 Å². The molecule has 0 saturated carbocycles. The SMILES string of the molecule is CNCC(=O)N1CCC2CNCC2C1. The number of nitrogens with one attached hydrogen (secondary N) is 2. The van der Waals surface area contributed by atoms with E-state index >= 15 is 0 Å².